The van der Waals surface area contributed by atoms with Gasteiger partial charge in [0.2, 0.25) is 20.0 Å². The fourth-order valence-electron chi connectivity index (χ4n) is 1.22. The Morgan fingerprint density at radius 1 is 0.812 bits per heavy atom. The van der Waals surface area contributed by atoms with Crippen molar-refractivity contribution in [2.75, 3.05) is 18.6 Å². The number of sulfonamides is 2. The first-order valence-electron chi connectivity index (χ1n) is 5.47. The number of hydrogen-bond acceptors (Lipinski definition) is 4. The number of rotatable bonds is 8. The Balaban J connectivity index is 4.64. The second kappa shape index (κ2) is 6.56. The highest BCUT2D eigenvalue weighted by Crippen LogP contribution is 2.10. The number of nitrogens with zero attached hydrogens (tertiary/aromatic N) is 1. The van der Waals surface area contributed by atoms with Gasteiger partial charge in [-0.3, -0.25) is 0 Å². The summed E-state index contributed by atoms with van der Waals surface area (Å²) < 4.78 is 47.0. The zero-order chi connectivity index (χ0) is 12.8. The van der Waals surface area contributed by atoms with Gasteiger partial charge in [-0.25, -0.2) is 16.8 Å². The third kappa shape index (κ3) is 4.80. The maximum absolute atomic E-state index is 11.7. The highest BCUT2D eigenvalue weighted by Gasteiger charge is 2.28. The molecule has 0 radical (unpaired) electrons. The average molecular weight is 271 g/mol. The molecule has 0 N–H and O–H groups in total. The van der Waals surface area contributed by atoms with Crippen LogP contribution < -0.4 is 0 Å². The minimum absolute atomic E-state index is 0.0969. The smallest absolute Gasteiger partial charge is 0.211 e. The normalized spacial score (nSPS) is 13.2. The van der Waals surface area contributed by atoms with E-state index >= 15 is 0 Å². The molecule has 0 rings (SSSR count). The average Bonchev–Trinajstić information content (AvgIpc) is 2.16. The monoisotopic (exact) mass is 271 g/mol. The maximum Gasteiger partial charge on any atom is 0.226 e. The van der Waals surface area contributed by atoms with E-state index in [2.05, 4.69) is 0 Å². The van der Waals surface area contributed by atoms with Crippen LogP contribution in [0.5, 0.6) is 0 Å². The topological polar surface area (TPSA) is 71.5 Å². The first-order valence-corrected chi connectivity index (χ1v) is 8.69. The number of unbranched alkanes of at least 4 members (excludes halogenated alkanes) is 2. The lowest BCUT2D eigenvalue weighted by atomic mass is 10.3. The van der Waals surface area contributed by atoms with Crippen LogP contribution in [-0.2, 0) is 20.0 Å². The second-order valence-electron chi connectivity index (χ2n) is 3.72. The van der Waals surface area contributed by atoms with Gasteiger partial charge in [0.05, 0.1) is 11.5 Å². The Bertz CT molecular complexity index is 386. The quantitative estimate of drug-likeness (QED) is 0.621. The maximum atomic E-state index is 11.7. The summed E-state index contributed by atoms with van der Waals surface area (Å²) in [6, 6.07) is 0. The molecule has 0 saturated carbocycles. The Morgan fingerprint density at radius 3 is 1.75 bits per heavy atom. The molecule has 0 aromatic rings. The van der Waals surface area contributed by atoms with Gasteiger partial charge in [0.15, 0.2) is 0 Å². The standard InChI is InChI=1S/C9H21NO4S2/c1-4-6-7-9-16(13,14)10(3)15(11,12)8-5-2/h4-9H2,1-3H3. The highest BCUT2D eigenvalue weighted by atomic mass is 32.3. The Hall–Kier alpha value is -0.140. The molecule has 0 saturated heterocycles. The molecule has 0 aliphatic carbocycles. The van der Waals surface area contributed by atoms with Gasteiger partial charge < -0.3 is 0 Å². The van der Waals surface area contributed by atoms with Crippen LogP contribution in [0.1, 0.15) is 39.5 Å². The predicted molar refractivity (Wildman–Crippen MR) is 65.2 cm³/mol. The van der Waals surface area contributed by atoms with Crippen molar-refractivity contribution in [2.24, 2.45) is 0 Å². The zero-order valence-electron chi connectivity index (χ0n) is 10.1. The van der Waals surface area contributed by atoms with Crippen molar-refractivity contribution in [1.29, 1.82) is 0 Å². The van der Waals surface area contributed by atoms with Gasteiger partial charge in [0.25, 0.3) is 0 Å². The molecule has 0 amide bonds. The van der Waals surface area contributed by atoms with E-state index in [1.165, 1.54) is 0 Å². The van der Waals surface area contributed by atoms with Gasteiger partial charge in [-0.1, -0.05) is 30.4 Å². The van der Waals surface area contributed by atoms with E-state index in [0.29, 0.717) is 16.6 Å². The SMILES string of the molecule is CCCCCS(=O)(=O)N(C)S(=O)(=O)CCC. The van der Waals surface area contributed by atoms with E-state index in [9.17, 15) is 16.8 Å². The molecule has 0 fully saturated rings. The predicted octanol–water partition coefficient (Wildman–Crippen LogP) is 1.18. The van der Waals surface area contributed by atoms with Crippen molar-refractivity contribution >= 4 is 20.0 Å². The van der Waals surface area contributed by atoms with E-state index in [1.807, 2.05) is 6.92 Å². The van der Waals surface area contributed by atoms with Gasteiger partial charge >= 0.3 is 0 Å². The fourth-order valence-corrected chi connectivity index (χ4v) is 4.65. The molecule has 5 nitrogen and oxygen atoms in total. The summed E-state index contributed by atoms with van der Waals surface area (Å²) in [6.45, 7) is 3.67. The minimum atomic E-state index is -3.67. The Morgan fingerprint density at radius 2 is 1.31 bits per heavy atom. The van der Waals surface area contributed by atoms with Crippen LogP contribution in [-0.4, -0.2) is 39.1 Å². The minimum Gasteiger partial charge on any atom is -0.211 e. The summed E-state index contributed by atoms with van der Waals surface area (Å²) in [5.74, 6) is -0.225. The molecule has 0 unspecified atom stereocenters. The molecule has 0 aliphatic heterocycles. The van der Waals surface area contributed by atoms with Crippen molar-refractivity contribution in [3.63, 3.8) is 0 Å². The van der Waals surface area contributed by atoms with Crippen LogP contribution >= 0.6 is 0 Å². The largest absolute Gasteiger partial charge is 0.226 e. The van der Waals surface area contributed by atoms with Gasteiger partial charge in [-0.2, -0.15) is 0 Å². The molecule has 16 heavy (non-hydrogen) atoms. The molecular formula is C9H21NO4S2. The Kier molecular flexibility index (Phi) is 6.50. The molecule has 0 aliphatic rings. The van der Waals surface area contributed by atoms with E-state index in [0.717, 1.165) is 19.9 Å². The molecule has 0 aromatic heterocycles. The molecule has 0 heterocycles. The fraction of sp³-hybridized carbons (Fsp3) is 1.00. The van der Waals surface area contributed by atoms with Crippen LogP contribution in [0.4, 0.5) is 0 Å². The molecule has 0 atom stereocenters. The third-order valence-corrected chi connectivity index (χ3v) is 6.91. The van der Waals surface area contributed by atoms with Crippen LogP contribution in [0, 0.1) is 0 Å². The first kappa shape index (κ1) is 15.9. The molecule has 98 valence electrons. The summed E-state index contributed by atoms with van der Waals surface area (Å²) in [5, 5.41) is 0. The van der Waals surface area contributed by atoms with Crippen LogP contribution in [0.25, 0.3) is 0 Å². The summed E-state index contributed by atoms with van der Waals surface area (Å²) in [6.07, 6.45) is 2.61. The molecule has 0 aromatic carbocycles. The lowest BCUT2D eigenvalue weighted by Crippen LogP contribution is -2.36. The van der Waals surface area contributed by atoms with Crippen LogP contribution in [0.15, 0.2) is 0 Å². The van der Waals surface area contributed by atoms with Crippen molar-refractivity contribution in [3.05, 3.63) is 0 Å². The van der Waals surface area contributed by atoms with E-state index in [-0.39, 0.29) is 11.5 Å². The van der Waals surface area contributed by atoms with Crippen molar-refractivity contribution < 1.29 is 16.8 Å². The van der Waals surface area contributed by atoms with Crippen molar-refractivity contribution in [3.8, 4) is 0 Å². The third-order valence-electron chi connectivity index (χ3n) is 2.25. The summed E-state index contributed by atoms with van der Waals surface area (Å²) in [7, 11) is -6.21. The Labute approximate surface area is 98.9 Å². The summed E-state index contributed by atoms with van der Waals surface area (Å²) in [5.41, 5.74) is 0. The van der Waals surface area contributed by atoms with Crippen molar-refractivity contribution in [1.82, 2.24) is 3.71 Å². The molecular weight excluding hydrogens is 250 g/mol. The lowest BCUT2D eigenvalue weighted by Gasteiger charge is -2.16. The van der Waals surface area contributed by atoms with E-state index < -0.39 is 20.0 Å². The van der Waals surface area contributed by atoms with Gasteiger partial charge in [-0.05, 0) is 12.8 Å². The number of hydrogen-bond donors (Lipinski definition) is 0. The summed E-state index contributed by atoms with van der Waals surface area (Å²) >= 11 is 0. The van der Waals surface area contributed by atoms with Crippen LogP contribution in [0.3, 0.4) is 0 Å². The van der Waals surface area contributed by atoms with Gasteiger partial charge in [0, 0.05) is 7.05 Å². The molecule has 7 heteroatoms. The highest BCUT2D eigenvalue weighted by molar-refractivity contribution is 8.03. The first-order chi connectivity index (χ1) is 7.28. The van der Waals surface area contributed by atoms with Gasteiger partial charge in [-0.15, -0.1) is 0 Å². The summed E-state index contributed by atoms with van der Waals surface area (Å²) in [4.78, 5) is 0. The second-order valence-corrected chi connectivity index (χ2v) is 8.19. The zero-order valence-corrected chi connectivity index (χ0v) is 11.8. The van der Waals surface area contributed by atoms with E-state index in [1.54, 1.807) is 6.92 Å². The van der Waals surface area contributed by atoms with E-state index in [4.69, 9.17) is 0 Å². The lowest BCUT2D eigenvalue weighted by molar-refractivity contribution is 0.522. The van der Waals surface area contributed by atoms with Crippen molar-refractivity contribution in [2.45, 2.75) is 39.5 Å². The van der Waals surface area contributed by atoms with Crippen LogP contribution in [0.2, 0.25) is 0 Å². The molecule has 0 spiro atoms. The van der Waals surface area contributed by atoms with Gasteiger partial charge in [0.1, 0.15) is 0 Å². The molecule has 0 bridgehead atoms.